The summed E-state index contributed by atoms with van der Waals surface area (Å²) in [6.07, 6.45) is 4.94. The summed E-state index contributed by atoms with van der Waals surface area (Å²) in [5, 5.41) is 0. The van der Waals surface area contributed by atoms with Crippen LogP contribution in [0.3, 0.4) is 0 Å². The largest absolute Gasteiger partial charge is 0.493 e. The second kappa shape index (κ2) is 10.0. The molecule has 2 heterocycles. The standard InChI is InChI=1S/C26H26N2O4/c1-19-23(27-25(32-19)21-8-4-3-5-9-21)14-17-31-22-12-10-20(11-13-22)18-24(26(29)30-2)28-15-6-7-16-28/h3-13,15-16,24H,14,17-18H2,1-2H3/t24-/m0/s1. The molecule has 0 amide bonds. The zero-order valence-electron chi connectivity index (χ0n) is 18.2. The van der Waals surface area contributed by atoms with Gasteiger partial charge in [-0.3, -0.25) is 0 Å². The van der Waals surface area contributed by atoms with Crippen LogP contribution in [-0.2, 0) is 22.4 Å². The average molecular weight is 431 g/mol. The summed E-state index contributed by atoms with van der Waals surface area (Å²) in [4.78, 5) is 16.8. The molecule has 0 aliphatic rings. The van der Waals surface area contributed by atoms with Crippen LogP contribution >= 0.6 is 0 Å². The highest BCUT2D eigenvalue weighted by molar-refractivity contribution is 5.74. The van der Waals surface area contributed by atoms with E-state index in [0.717, 1.165) is 28.3 Å². The van der Waals surface area contributed by atoms with Crippen molar-refractivity contribution in [3.05, 3.63) is 96.1 Å². The molecule has 4 aromatic rings. The lowest BCUT2D eigenvalue weighted by molar-refractivity contribution is -0.144. The predicted octanol–water partition coefficient (Wildman–Crippen LogP) is 5.03. The maximum absolute atomic E-state index is 12.2. The monoisotopic (exact) mass is 430 g/mol. The summed E-state index contributed by atoms with van der Waals surface area (Å²) < 4.78 is 18.5. The fraction of sp³-hybridized carbons (Fsp3) is 0.231. The van der Waals surface area contributed by atoms with Gasteiger partial charge in [0, 0.05) is 30.8 Å². The fourth-order valence-corrected chi connectivity index (χ4v) is 3.58. The highest BCUT2D eigenvalue weighted by atomic mass is 16.5. The van der Waals surface area contributed by atoms with Gasteiger partial charge in [-0.25, -0.2) is 9.78 Å². The molecule has 4 rings (SSSR count). The van der Waals surface area contributed by atoms with Crippen molar-refractivity contribution in [2.45, 2.75) is 25.8 Å². The maximum atomic E-state index is 12.2. The van der Waals surface area contributed by atoms with Crippen LogP contribution in [0.5, 0.6) is 5.75 Å². The SMILES string of the molecule is COC(=O)[C@H](Cc1ccc(OCCc2nc(-c3ccccc3)oc2C)cc1)n1cccc1. The first-order chi connectivity index (χ1) is 15.6. The quantitative estimate of drug-likeness (QED) is 0.349. The van der Waals surface area contributed by atoms with Crippen LogP contribution in [0.2, 0.25) is 0 Å². The number of rotatable bonds is 9. The second-order valence-electron chi connectivity index (χ2n) is 7.50. The molecule has 6 heteroatoms. The van der Waals surface area contributed by atoms with Gasteiger partial charge in [-0.1, -0.05) is 30.3 Å². The number of ether oxygens (including phenoxy) is 2. The van der Waals surface area contributed by atoms with E-state index >= 15 is 0 Å². The highest BCUT2D eigenvalue weighted by Crippen LogP contribution is 2.23. The van der Waals surface area contributed by atoms with Crippen LogP contribution in [0.1, 0.15) is 23.1 Å². The third kappa shape index (κ3) is 5.09. The summed E-state index contributed by atoms with van der Waals surface area (Å²) in [5.41, 5.74) is 2.89. The normalized spacial score (nSPS) is 11.8. The van der Waals surface area contributed by atoms with E-state index in [2.05, 4.69) is 4.98 Å². The number of esters is 1. The molecule has 0 aliphatic heterocycles. The van der Waals surface area contributed by atoms with E-state index in [4.69, 9.17) is 13.9 Å². The number of hydrogen-bond donors (Lipinski definition) is 0. The van der Waals surface area contributed by atoms with E-state index in [1.807, 2.05) is 90.6 Å². The van der Waals surface area contributed by atoms with Gasteiger partial charge >= 0.3 is 5.97 Å². The Labute approximate surface area is 187 Å². The van der Waals surface area contributed by atoms with Crippen molar-refractivity contribution in [1.82, 2.24) is 9.55 Å². The van der Waals surface area contributed by atoms with Gasteiger partial charge < -0.3 is 18.5 Å². The van der Waals surface area contributed by atoms with E-state index in [9.17, 15) is 4.79 Å². The number of methoxy groups -OCH3 is 1. The summed E-state index contributed by atoms with van der Waals surface area (Å²) in [6, 6.07) is 21.1. The average Bonchev–Trinajstić information content (AvgIpc) is 3.49. The number of hydrogen-bond acceptors (Lipinski definition) is 5. The van der Waals surface area contributed by atoms with Crippen LogP contribution in [-0.4, -0.2) is 29.2 Å². The molecule has 0 saturated carbocycles. The molecule has 164 valence electrons. The number of nitrogens with zero attached hydrogens (tertiary/aromatic N) is 2. The number of oxazole rings is 1. The minimum absolute atomic E-state index is 0.264. The van der Waals surface area contributed by atoms with Gasteiger partial charge in [-0.05, 0) is 48.9 Å². The van der Waals surface area contributed by atoms with E-state index < -0.39 is 6.04 Å². The Balaban J connectivity index is 1.33. The van der Waals surface area contributed by atoms with Gasteiger partial charge in [-0.2, -0.15) is 0 Å². The number of benzene rings is 2. The van der Waals surface area contributed by atoms with Crippen LogP contribution in [0.4, 0.5) is 0 Å². The zero-order valence-corrected chi connectivity index (χ0v) is 18.2. The third-order valence-corrected chi connectivity index (χ3v) is 5.33. The van der Waals surface area contributed by atoms with Crippen LogP contribution in [0.15, 0.2) is 83.5 Å². The first-order valence-corrected chi connectivity index (χ1v) is 10.6. The smallest absolute Gasteiger partial charge is 0.329 e. The lowest BCUT2D eigenvalue weighted by atomic mass is 10.1. The summed E-state index contributed by atoms with van der Waals surface area (Å²) in [6.45, 7) is 2.42. The molecule has 0 N–H and O–H groups in total. The van der Waals surface area contributed by atoms with Crippen molar-refractivity contribution >= 4 is 5.97 Å². The van der Waals surface area contributed by atoms with Crippen molar-refractivity contribution in [3.63, 3.8) is 0 Å². The Hall–Kier alpha value is -3.80. The first-order valence-electron chi connectivity index (χ1n) is 10.6. The lowest BCUT2D eigenvalue weighted by Crippen LogP contribution is -2.22. The summed E-state index contributed by atoms with van der Waals surface area (Å²) >= 11 is 0. The van der Waals surface area contributed by atoms with Gasteiger partial charge in [0.15, 0.2) is 0 Å². The van der Waals surface area contributed by atoms with Crippen molar-refractivity contribution < 1.29 is 18.7 Å². The van der Waals surface area contributed by atoms with Crippen LogP contribution < -0.4 is 4.74 Å². The second-order valence-corrected chi connectivity index (χ2v) is 7.50. The van der Waals surface area contributed by atoms with Crippen molar-refractivity contribution in [1.29, 1.82) is 0 Å². The zero-order chi connectivity index (χ0) is 22.3. The molecule has 1 atom stereocenters. The Morgan fingerprint density at radius 3 is 2.44 bits per heavy atom. The molecule has 0 radical (unpaired) electrons. The minimum atomic E-state index is -0.393. The Morgan fingerprint density at radius 1 is 1.03 bits per heavy atom. The third-order valence-electron chi connectivity index (χ3n) is 5.33. The first kappa shape index (κ1) is 21.4. The molecule has 0 bridgehead atoms. The van der Waals surface area contributed by atoms with E-state index in [1.165, 1.54) is 7.11 Å². The van der Waals surface area contributed by atoms with Crippen molar-refractivity contribution in [2.24, 2.45) is 0 Å². The lowest BCUT2D eigenvalue weighted by Gasteiger charge is -2.17. The van der Waals surface area contributed by atoms with Gasteiger partial charge in [0.1, 0.15) is 17.6 Å². The molecule has 0 fully saturated rings. The molecule has 32 heavy (non-hydrogen) atoms. The fourth-order valence-electron chi connectivity index (χ4n) is 3.58. The van der Waals surface area contributed by atoms with Gasteiger partial charge in [0.25, 0.3) is 0 Å². The maximum Gasteiger partial charge on any atom is 0.329 e. The number of carbonyl (C=O) groups excluding carboxylic acids is 1. The molecule has 6 nitrogen and oxygen atoms in total. The molecular formula is C26H26N2O4. The number of carbonyl (C=O) groups is 1. The molecule has 2 aromatic heterocycles. The van der Waals surface area contributed by atoms with Gasteiger partial charge in [-0.15, -0.1) is 0 Å². The van der Waals surface area contributed by atoms with Crippen molar-refractivity contribution in [3.8, 4) is 17.2 Å². The van der Waals surface area contributed by atoms with Gasteiger partial charge in [0.2, 0.25) is 5.89 Å². The van der Waals surface area contributed by atoms with Gasteiger partial charge in [0.05, 0.1) is 19.4 Å². The Bertz CT molecular complexity index is 1130. The predicted molar refractivity (Wildman–Crippen MR) is 122 cm³/mol. The topological polar surface area (TPSA) is 66.5 Å². The molecule has 0 spiro atoms. The van der Waals surface area contributed by atoms with Crippen molar-refractivity contribution in [2.75, 3.05) is 13.7 Å². The summed E-state index contributed by atoms with van der Waals surface area (Å²) in [7, 11) is 1.41. The number of aromatic nitrogens is 2. The Morgan fingerprint density at radius 2 is 1.75 bits per heavy atom. The molecule has 0 aliphatic carbocycles. The number of aryl methyl sites for hydroxylation is 1. The van der Waals surface area contributed by atoms with E-state index in [-0.39, 0.29) is 5.97 Å². The molecule has 0 unspecified atom stereocenters. The highest BCUT2D eigenvalue weighted by Gasteiger charge is 2.20. The van der Waals surface area contributed by atoms with E-state index in [1.54, 1.807) is 0 Å². The van der Waals surface area contributed by atoms with Crippen LogP contribution in [0.25, 0.3) is 11.5 Å². The Kier molecular flexibility index (Phi) is 6.70. The molecule has 0 saturated heterocycles. The summed E-state index contributed by atoms with van der Waals surface area (Å²) in [5.74, 6) is 1.94. The van der Waals surface area contributed by atoms with Crippen LogP contribution in [0, 0.1) is 6.92 Å². The molecular weight excluding hydrogens is 404 g/mol. The van der Waals surface area contributed by atoms with E-state index in [0.29, 0.717) is 25.3 Å². The minimum Gasteiger partial charge on any atom is -0.493 e. The molecule has 2 aromatic carbocycles.